The minimum absolute atomic E-state index is 0.295. The molecule has 0 fully saturated rings. The van der Waals surface area contributed by atoms with E-state index in [4.69, 9.17) is 16.7 Å². The lowest BCUT2D eigenvalue weighted by Gasteiger charge is -2.09. The highest BCUT2D eigenvalue weighted by molar-refractivity contribution is 6.30. The van der Waals surface area contributed by atoms with Crippen LogP contribution in [0.2, 0.25) is 5.02 Å². The molecule has 3 N–H and O–H groups in total. The number of nitrogens with one attached hydrogen (secondary N) is 2. The van der Waals surface area contributed by atoms with Crippen molar-refractivity contribution in [3.8, 4) is 0 Å². The van der Waals surface area contributed by atoms with Crippen molar-refractivity contribution in [1.29, 1.82) is 0 Å². The smallest absolute Gasteiger partial charge is 0.404 e. The molecular formula is C10H13ClN2O2. The van der Waals surface area contributed by atoms with Gasteiger partial charge in [0.15, 0.2) is 0 Å². The molecule has 0 aliphatic rings. The van der Waals surface area contributed by atoms with Gasteiger partial charge in [-0.1, -0.05) is 17.7 Å². The van der Waals surface area contributed by atoms with Gasteiger partial charge in [-0.15, -0.1) is 0 Å². The Morgan fingerprint density at radius 1 is 1.40 bits per heavy atom. The van der Waals surface area contributed by atoms with Crippen molar-refractivity contribution in [1.82, 2.24) is 10.6 Å². The third-order valence-electron chi connectivity index (χ3n) is 1.97. The Morgan fingerprint density at radius 2 is 2.13 bits per heavy atom. The lowest BCUT2D eigenvalue weighted by Crippen LogP contribution is -2.21. The summed E-state index contributed by atoms with van der Waals surface area (Å²) in [4.78, 5) is 10.4. The second kappa shape index (κ2) is 5.58. The Labute approximate surface area is 93.2 Å². The third kappa shape index (κ3) is 3.77. The summed E-state index contributed by atoms with van der Waals surface area (Å²) in [5.74, 6) is 0. The Kier molecular flexibility index (Phi) is 4.39. The van der Waals surface area contributed by atoms with Crippen LogP contribution in [0.5, 0.6) is 0 Å². The van der Waals surface area contributed by atoms with E-state index in [0.717, 1.165) is 11.1 Å². The first-order valence-electron chi connectivity index (χ1n) is 4.52. The lowest BCUT2D eigenvalue weighted by atomic mass is 10.1. The fourth-order valence-electron chi connectivity index (χ4n) is 1.29. The Morgan fingerprint density at radius 3 is 2.73 bits per heavy atom. The van der Waals surface area contributed by atoms with Gasteiger partial charge in [-0.25, -0.2) is 4.79 Å². The van der Waals surface area contributed by atoms with Crippen LogP contribution in [0.1, 0.15) is 11.1 Å². The van der Waals surface area contributed by atoms with Crippen molar-refractivity contribution in [3.05, 3.63) is 34.3 Å². The van der Waals surface area contributed by atoms with Crippen molar-refractivity contribution >= 4 is 17.7 Å². The number of carboxylic acid groups (broad SMARTS) is 1. The molecule has 1 amide bonds. The van der Waals surface area contributed by atoms with Gasteiger partial charge in [0, 0.05) is 18.1 Å². The quantitative estimate of drug-likeness (QED) is 0.737. The van der Waals surface area contributed by atoms with Gasteiger partial charge < -0.3 is 15.7 Å². The molecule has 0 heterocycles. The molecule has 5 heteroatoms. The zero-order chi connectivity index (χ0) is 11.3. The van der Waals surface area contributed by atoms with Gasteiger partial charge >= 0.3 is 6.09 Å². The SMILES string of the molecule is CNCc1cc(Cl)ccc1CNC(=O)O. The maximum atomic E-state index is 10.4. The Balaban J connectivity index is 2.80. The minimum atomic E-state index is -1.03. The van der Waals surface area contributed by atoms with Crippen LogP contribution in [-0.4, -0.2) is 18.2 Å². The predicted molar refractivity (Wildman–Crippen MR) is 59.1 cm³/mol. The maximum Gasteiger partial charge on any atom is 0.404 e. The zero-order valence-corrected chi connectivity index (χ0v) is 9.14. The second-order valence-electron chi connectivity index (χ2n) is 3.10. The minimum Gasteiger partial charge on any atom is -0.465 e. The number of benzene rings is 1. The molecule has 82 valence electrons. The largest absolute Gasteiger partial charge is 0.465 e. The highest BCUT2D eigenvalue weighted by Crippen LogP contribution is 2.16. The molecule has 0 saturated carbocycles. The van der Waals surface area contributed by atoms with Crippen molar-refractivity contribution in [2.24, 2.45) is 0 Å². The molecular weight excluding hydrogens is 216 g/mol. The average Bonchev–Trinajstić information content (AvgIpc) is 2.17. The van der Waals surface area contributed by atoms with E-state index in [2.05, 4.69) is 10.6 Å². The summed E-state index contributed by atoms with van der Waals surface area (Å²) < 4.78 is 0. The predicted octanol–water partition coefficient (Wildman–Crippen LogP) is 1.83. The van der Waals surface area contributed by atoms with Gasteiger partial charge in [0.1, 0.15) is 0 Å². The van der Waals surface area contributed by atoms with Crippen LogP contribution in [0.4, 0.5) is 4.79 Å². The molecule has 15 heavy (non-hydrogen) atoms. The van der Waals surface area contributed by atoms with E-state index in [1.165, 1.54) is 0 Å². The molecule has 0 aromatic heterocycles. The van der Waals surface area contributed by atoms with Crippen LogP contribution < -0.4 is 10.6 Å². The van der Waals surface area contributed by atoms with E-state index in [-0.39, 0.29) is 0 Å². The van der Waals surface area contributed by atoms with E-state index in [1.807, 2.05) is 19.2 Å². The molecule has 0 atom stereocenters. The lowest BCUT2D eigenvalue weighted by molar-refractivity contribution is 0.194. The van der Waals surface area contributed by atoms with Crippen molar-refractivity contribution in [2.45, 2.75) is 13.1 Å². The van der Waals surface area contributed by atoms with Gasteiger partial charge in [-0.3, -0.25) is 0 Å². The summed E-state index contributed by atoms with van der Waals surface area (Å²) in [7, 11) is 1.83. The van der Waals surface area contributed by atoms with Gasteiger partial charge in [-0.05, 0) is 30.3 Å². The number of hydrogen-bond donors (Lipinski definition) is 3. The second-order valence-corrected chi connectivity index (χ2v) is 3.54. The first kappa shape index (κ1) is 11.8. The average molecular weight is 229 g/mol. The summed E-state index contributed by atoms with van der Waals surface area (Å²) in [6.07, 6.45) is -1.03. The van der Waals surface area contributed by atoms with Crippen LogP contribution in [0, 0.1) is 0 Å². The molecule has 0 spiro atoms. The third-order valence-corrected chi connectivity index (χ3v) is 2.20. The first-order valence-corrected chi connectivity index (χ1v) is 4.90. The van der Waals surface area contributed by atoms with E-state index in [9.17, 15) is 4.79 Å². The van der Waals surface area contributed by atoms with Crippen molar-refractivity contribution in [3.63, 3.8) is 0 Å². The number of halogens is 1. The number of hydrogen-bond acceptors (Lipinski definition) is 2. The standard InChI is InChI=1S/C10H13ClN2O2/c1-12-5-8-4-9(11)3-2-7(8)6-13-10(14)15/h2-4,12-13H,5-6H2,1H3,(H,14,15). The van der Waals surface area contributed by atoms with Crippen LogP contribution >= 0.6 is 11.6 Å². The van der Waals surface area contributed by atoms with Gasteiger partial charge in [0.2, 0.25) is 0 Å². The monoisotopic (exact) mass is 228 g/mol. The number of rotatable bonds is 4. The Hall–Kier alpha value is -1.26. The summed E-state index contributed by atoms with van der Waals surface area (Å²) in [5.41, 5.74) is 1.93. The summed E-state index contributed by atoms with van der Waals surface area (Å²) >= 11 is 5.85. The molecule has 0 saturated heterocycles. The maximum absolute atomic E-state index is 10.4. The zero-order valence-electron chi connectivity index (χ0n) is 8.38. The van der Waals surface area contributed by atoms with Gasteiger partial charge in [0.05, 0.1) is 0 Å². The van der Waals surface area contributed by atoms with E-state index in [0.29, 0.717) is 18.1 Å². The molecule has 0 bridgehead atoms. The number of carbonyl (C=O) groups is 1. The highest BCUT2D eigenvalue weighted by atomic mass is 35.5. The molecule has 0 aliphatic heterocycles. The van der Waals surface area contributed by atoms with Crippen LogP contribution in [0.15, 0.2) is 18.2 Å². The van der Waals surface area contributed by atoms with Crippen LogP contribution in [0.3, 0.4) is 0 Å². The van der Waals surface area contributed by atoms with Crippen molar-refractivity contribution in [2.75, 3.05) is 7.05 Å². The topological polar surface area (TPSA) is 61.4 Å². The summed E-state index contributed by atoms with van der Waals surface area (Å²) in [6, 6.07) is 5.40. The van der Waals surface area contributed by atoms with Gasteiger partial charge in [-0.2, -0.15) is 0 Å². The van der Waals surface area contributed by atoms with E-state index in [1.54, 1.807) is 6.07 Å². The fraction of sp³-hybridized carbons (Fsp3) is 0.300. The van der Waals surface area contributed by atoms with Gasteiger partial charge in [0.25, 0.3) is 0 Å². The van der Waals surface area contributed by atoms with Crippen LogP contribution in [0.25, 0.3) is 0 Å². The van der Waals surface area contributed by atoms with Crippen molar-refractivity contribution < 1.29 is 9.90 Å². The molecule has 0 unspecified atom stereocenters. The van der Waals surface area contributed by atoms with Crippen LogP contribution in [-0.2, 0) is 13.1 Å². The molecule has 1 rings (SSSR count). The molecule has 1 aromatic rings. The number of amides is 1. The molecule has 0 aliphatic carbocycles. The molecule has 4 nitrogen and oxygen atoms in total. The summed E-state index contributed by atoms with van der Waals surface area (Å²) in [5, 5.41) is 14.5. The Bertz CT molecular complexity index is 355. The molecule has 0 radical (unpaired) electrons. The molecule has 1 aromatic carbocycles. The normalized spacial score (nSPS) is 10.0. The highest BCUT2D eigenvalue weighted by Gasteiger charge is 2.04. The fourth-order valence-corrected chi connectivity index (χ4v) is 1.49. The summed E-state index contributed by atoms with van der Waals surface area (Å²) in [6.45, 7) is 0.959. The first-order chi connectivity index (χ1) is 7.13. The van der Waals surface area contributed by atoms with E-state index < -0.39 is 6.09 Å². The van der Waals surface area contributed by atoms with E-state index >= 15 is 0 Å².